The molecule has 0 fully saturated rings. The second-order valence-corrected chi connectivity index (χ2v) is 6.98. The van der Waals surface area contributed by atoms with Crippen LogP contribution >= 0.6 is 0 Å². The molecule has 5 nitrogen and oxygen atoms in total. The number of carbonyl (C=O) groups is 1. The summed E-state index contributed by atoms with van der Waals surface area (Å²) in [5.41, 5.74) is 2.96. The molecule has 0 radical (unpaired) electrons. The van der Waals surface area contributed by atoms with Gasteiger partial charge in [0.15, 0.2) is 11.5 Å². The molecule has 3 aromatic rings. The predicted octanol–water partition coefficient (Wildman–Crippen LogP) is 5.96. The second kappa shape index (κ2) is 9.24. The zero-order valence-electron chi connectivity index (χ0n) is 17.2. The summed E-state index contributed by atoms with van der Waals surface area (Å²) >= 11 is 0. The molecule has 3 rings (SSSR count). The molecule has 2 aromatic carbocycles. The molecule has 0 saturated carbocycles. The lowest BCUT2D eigenvalue weighted by molar-refractivity contribution is 0.102. The standard InChI is InChI=1S/C24H26N2O3/c1-5-28-22-8-6-7-9-23(22)29-19-12-10-18(11-13-19)26-24(27)20-14-15-21(16(2)3)25-17(20)4/h6-16H,5H2,1-4H3,(H,26,27). The summed E-state index contributed by atoms with van der Waals surface area (Å²) in [5.74, 6) is 2.15. The van der Waals surface area contributed by atoms with Gasteiger partial charge in [-0.2, -0.15) is 0 Å². The van der Waals surface area contributed by atoms with E-state index in [-0.39, 0.29) is 5.91 Å². The fraction of sp³-hybridized carbons (Fsp3) is 0.250. The third-order valence-electron chi connectivity index (χ3n) is 4.43. The Morgan fingerprint density at radius 2 is 1.69 bits per heavy atom. The Balaban J connectivity index is 1.69. The summed E-state index contributed by atoms with van der Waals surface area (Å²) in [7, 11) is 0. The van der Waals surface area contributed by atoms with Crippen LogP contribution in [-0.2, 0) is 0 Å². The van der Waals surface area contributed by atoms with Gasteiger partial charge in [0, 0.05) is 11.4 Å². The van der Waals surface area contributed by atoms with E-state index in [9.17, 15) is 4.79 Å². The van der Waals surface area contributed by atoms with Gasteiger partial charge in [-0.05, 0) is 68.3 Å². The molecule has 0 bridgehead atoms. The van der Waals surface area contributed by atoms with Gasteiger partial charge in [0.2, 0.25) is 0 Å². The summed E-state index contributed by atoms with van der Waals surface area (Å²) < 4.78 is 11.5. The Hall–Kier alpha value is -3.34. The molecule has 1 aromatic heterocycles. The van der Waals surface area contributed by atoms with E-state index in [1.165, 1.54) is 0 Å². The number of ether oxygens (including phenoxy) is 2. The minimum atomic E-state index is -0.180. The Morgan fingerprint density at radius 1 is 1.00 bits per heavy atom. The van der Waals surface area contributed by atoms with Crippen LogP contribution in [0.2, 0.25) is 0 Å². The molecule has 0 unspecified atom stereocenters. The number of aryl methyl sites for hydroxylation is 1. The van der Waals surface area contributed by atoms with Crippen LogP contribution < -0.4 is 14.8 Å². The van der Waals surface area contributed by atoms with Crippen LogP contribution in [0.5, 0.6) is 17.2 Å². The number of aromatic nitrogens is 1. The van der Waals surface area contributed by atoms with Crippen molar-refractivity contribution in [3.63, 3.8) is 0 Å². The van der Waals surface area contributed by atoms with Crippen LogP contribution in [0.15, 0.2) is 60.7 Å². The lowest BCUT2D eigenvalue weighted by Crippen LogP contribution is -2.14. The fourth-order valence-electron chi connectivity index (χ4n) is 2.88. The minimum absolute atomic E-state index is 0.180. The van der Waals surface area contributed by atoms with E-state index < -0.39 is 0 Å². The lowest BCUT2D eigenvalue weighted by atomic mass is 10.1. The van der Waals surface area contributed by atoms with Crippen molar-refractivity contribution in [2.75, 3.05) is 11.9 Å². The normalized spacial score (nSPS) is 10.7. The summed E-state index contributed by atoms with van der Waals surface area (Å²) in [6, 6.07) is 18.5. The Bertz CT molecular complexity index is 982. The fourth-order valence-corrected chi connectivity index (χ4v) is 2.88. The van der Waals surface area contributed by atoms with Gasteiger partial charge in [0.1, 0.15) is 5.75 Å². The highest BCUT2D eigenvalue weighted by atomic mass is 16.5. The first-order valence-electron chi connectivity index (χ1n) is 9.76. The summed E-state index contributed by atoms with van der Waals surface area (Å²) in [6.07, 6.45) is 0. The van der Waals surface area contributed by atoms with Gasteiger partial charge in [-0.25, -0.2) is 0 Å². The summed E-state index contributed by atoms with van der Waals surface area (Å²) in [5, 5.41) is 2.91. The highest BCUT2D eigenvalue weighted by Crippen LogP contribution is 2.31. The van der Waals surface area contributed by atoms with Crippen molar-refractivity contribution in [1.82, 2.24) is 4.98 Å². The SMILES string of the molecule is CCOc1ccccc1Oc1ccc(NC(=O)c2ccc(C(C)C)nc2C)cc1. The molecule has 1 heterocycles. The van der Waals surface area contributed by atoms with E-state index >= 15 is 0 Å². The number of hydrogen-bond acceptors (Lipinski definition) is 4. The summed E-state index contributed by atoms with van der Waals surface area (Å²) in [4.78, 5) is 17.1. The maximum absolute atomic E-state index is 12.6. The van der Waals surface area contributed by atoms with Crippen molar-refractivity contribution in [2.24, 2.45) is 0 Å². The zero-order valence-corrected chi connectivity index (χ0v) is 17.2. The topological polar surface area (TPSA) is 60.5 Å². The molecule has 0 spiro atoms. The molecule has 0 aliphatic rings. The number of amides is 1. The third-order valence-corrected chi connectivity index (χ3v) is 4.43. The van der Waals surface area contributed by atoms with Gasteiger partial charge in [-0.1, -0.05) is 26.0 Å². The van der Waals surface area contributed by atoms with Gasteiger partial charge in [0.25, 0.3) is 5.91 Å². The average molecular weight is 390 g/mol. The molecular formula is C24H26N2O3. The Kier molecular flexibility index (Phi) is 6.50. The second-order valence-electron chi connectivity index (χ2n) is 6.98. The summed E-state index contributed by atoms with van der Waals surface area (Å²) in [6.45, 7) is 8.52. The van der Waals surface area contributed by atoms with Crippen LogP contribution in [0, 0.1) is 6.92 Å². The van der Waals surface area contributed by atoms with Crippen molar-refractivity contribution < 1.29 is 14.3 Å². The van der Waals surface area contributed by atoms with Gasteiger partial charge in [0.05, 0.1) is 17.9 Å². The van der Waals surface area contributed by atoms with Gasteiger partial charge >= 0.3 is 0 Å². The van der Waals surface area contributed by atoms with Crippen LogP contribution in [0.25, 0.3) is 0 Å². The van der Waals surface area contributed by atoms with E-state index in [0.717, 1.165) is 11.4 Å². The van der Waals surface area contributed by atoms with Crippen LogP contribution in [0.1, 0.15) is 48.4 Å². The number of rotatable bonds is 7. The molecule has 150 valence electrons. The number of pyridine rings is 1. The number of nitrogens with one attached hydrogen (secondary N) is 1. The van der Waals surface area contributed by atoms with Crippen LogP contribution in [0.3, 0.4) is 0 Å². The molecule has 1 N–H and O–H groups in total. The van der Waals surface area contributed by atoms with Crippen molar-refractivity contribution in [2.45, 2.75) is 33.6 Å². The average Bonchev–Trinajstić information content (AvgIpc) is 2.71. The first kappa shape index (κ1) is 20.4. The molecule has 29 heavy (non-hydrogen) atoms. The van der Waals surface area contributed by atoms with Crippen molar-refractivity contribution in [3.05, 3.63) is 77.6 Å². The molecule has 0 atom stereocenters. The van der Waals surface area contributed by atoms with E-state index in [0.29, 0.717) is 41.0 Å². The Labute approximate surface area is 171 Å². The molecular weight excluding hydrogens is 364 g/mol. The number of benzene rings is 2. The number of para-hydroxylation sites is 2. The van der Waals surface area contributed by atoms with Crippen LogP contribution in [-0.4, -0.2) is 17.5 Å². The first-order chi connectivity index (χ1) is 14.0. The molecule has 1 amide bonds. The molecule has 5 heteroatoms. The number of hydrogen-bond donors (Lipinski definition) is 1. The minimum Gasteiger partial charge on any atom is -0.490 e. The maximum Gasteiger partial charge on any atom is 0.257 e. The van der Waals surface area contributed by atoms with E-state index in [2.05, 4.69) is 24.1 Å². The highest BCUT2D eigenvalue weighted by Gasteiger charge is 2.12. The lowest BCUT2D eigenvalue weighted by Gasteiger charge is -2.12. The number of nitrogens with zero attached hydrogens (tertiary/aromatic N) is 1. The largest absolute Gasteiger partial charge is 0.490 e. The van der Waals surface area contributed by atoms with Gasteiger partial charge < -0.3 is 14.8 Å². The van der Waals surface area contributed by atoms with E-state index in [4.69, 9.17) is 9.47 Å². The first-order valence-corrected chi connectivity index (χ1v) is 9.76. The van der Waals surface area contributed by atoms with Gasteiger partial charge in [-0.15, -0.1) is 0 Å². The predicted molar refractivity (Wildman–Crippen MR) is 115 cm³/mol. The number of anilines is 1. The zero-order chi connectivity index (χ0) is 20.8. The van der Waals surface area contributed by atoms with Crippen molar-refractivity contribution >= 4 is 11.6 Å². The van der Waals surface area contributed by atoms with E-state index in [1.807, 2.05) is 74.5 Å². The quantitative estimate of drug-likeness (QED) is 0.541. The number of carbonyl (C=O) groups excluding carboxylic acids is 1. The highest BCUT2D eigenvalue weighted by molar-refractivity contribution is 6.05. The molecule has 0 saturated heterocycles. The van der Waals surface area contributed by atoms with Crippen LogP contribution in [0.4, 0.5) is 5.69 Å². The maximum atomic E-state index is 12.6. The molecule has 0 aliphatic heterocycles. The monoisotopic (exact) mass is 390 g/mol. The van der Waals surface area contributed by atoms with Crippen molar-refractivity contribution in [3.8, 4) is 17.2 Å². The Morgan fingerprint density at radius 3 is 2.31 bits per heavy atom. The third kappa shape index (κ3) is 5.13. The van der Waals surface area contributed by atoms with Crippen molar-refractivity contribution in [1.29, 1.82) is 0 Å². The van der Waals surface area contributed by atoms with Gasteiger partial charge in [-0.3, -0.25) is 9.78 Å². The molecule has 0 aliphatic carbocycles. The van der Waals surface area contributed by atoms with E-state index in [1.54, 1.807) is 0 Å². The smallest absolute Gasteiger partial charge is 0.257 e.